The van der Waals surface area contributed by atoms with Gasteiger partial charge in [0.2, 0.25) is 0 Å². The van der Waals surface area contributed by atoms with Gasteiger partial charge in [-0.15, -0.1) is 10.2 Å². The van der Waals surface area contributed by atoms with Crippen LogP contribution in [0.2, 0.25) is 0 Å². The molecule has 0 saturated carbocycles. The van der Waals surface area contributed by atoms with Crippen LogP contribution in [0.5, 0.6) is 0 Å². The van der Waals surface area contributed by atoms with Gasteiger partial charge in [-0.1, -0.05) is 70.2 Å². The van der Waals surface area contributed by atoms with Crippen molar-refractivity contribution in [2.75, 3.05) is 5.75 Å². The van der Waals surface area contributed by atoms with Crippen molar-refractivity contribution < 1.29 is 4.79 Å². The van der Waals surface area contributed by atoms with Gasteiger partial charge in [0.05, 0.1) is 12.0 Å². The van der Waals surface area contributed by atoms with Crippen LogP contribution in [0, 0.1) is 0 Å². The van der Waals surface area contributed by atoms with Crippen LogP contribution in [-0.2, 0) is 11.8 Å². The first-order valence-corrected chi connectivity index (χ1v) is 9.56. The van der Waals surface area contributed by atoms with E-state index in [1.54, 1.807) is 6.21 Å². The molecule has 3 aromatic rings. The summed E-state index contributed by atoms with van der Waals surface area (Å²) in [5, 5.41) is 13.0. The summed E-state index contributed by atoms with van der Waals surface area (Å²) in [6.45, 7) is 0. The number of nitrogens with one attached hydrogen (secondary N) is 1. The molecule has 0 saturated heterocycles. The number of hydrogen-bond donors (Lipinski definition) is 1. The molecule has 1 aromatic heterocycles. The molecule has 0 bridgehead atoms. The third kappa shape index (κ3) is 4.80. The largest absolute Gasteiger partial charge is 0.305 e. The number of nitrogens with zero attached hydrogens (tertiary/aromatic N) is 4. The van der Waals surface area contributed by atoms with E-state index in [4.69, 9.17) is 0 Å². The van der Waals surface area contributed by atoms with Gasteiger partial charge in [-0.2, -0.15) is 5.10 Å². The first-order chi connectivity index (χ1) is 12.6. The number of benzene rings is 2. The minimum Gasteiger partial charge on any atom is -0.305 e. The Labute approximate surface area is 163 Å². The van der Waals surface area contributed by atoms with E-state index in [1.807, 2.05) is 66.2 Å². The lowest BCUT2D eigenvalue weighted by molar-refractivity contribution is -0.118. The average molecular weight is 430 g/mol. The van der Waals surface area contributed by atoms with Crippen molar-refractivity contribution >= 4 is 39.8 Å². The fraction of sp³-hybridized carbons (Fsp3) is 0.111. The normalized spacial score (nSPS) is 11.0. The van der Waals surface area contributed by atoms with Gasteiger partial charge >= 0.3 is 0 Å². The van der Waals surface area contributed by atoms with E-state index in [1.165, 1.54) is 11.8 Å². The molecule has 0 aliphatic rings. The number of hydrogen-bond acceptors (Lipinski definition) is 5. The zero-order valence-corrected chi connectivity index (χ0v) is 16.4. The van der Waals surface area contributed by atoms with Crippen LogP contribution in [0.3, 0.4) is 0 Å². The van der Waals surface area contributed by atoms with Gasteiger partial charge in [-0.05, 0) is 17.7 Å². The molecule has 2 aromatic carbocycles. The molecule has 0 spiro atoms. The molecule has 1 amide bonds. The number of amides is 1. The second kappa shape index (κ2) is 8.77. The van der Waals surface area contributed by atoms with Gasteiger partial charge in [0.15, 0.2) is 11.0 Å². The van der Waals surface area contributed by atoms with Crippen LogP contribution in [0.15, 0.2) is 69.3 Å². The van der Waals surface area contributed by atoms with Gasteiger partial charge in [-0.25, -0.2) is 5.43 Å². The summed E-state index contributed by atoms with van der Waals surface area (Å²) in [6, 6.07) is 17.4. The summed E-state index contributed by atoms with van der Waals surface area (Å²) in [5.74, 6) is 0.771. The van der Waals surface area contributed by atoms with Crippen LogP contribution in [0.4, 0.5) is 0 Å². The fourth-order valence-electron chi connectivity index (χ4n) is 2.17. The van der Waals surface area contributed by atoms with E-state index in [0.29, 0.717) is 5.16 Å². The molecule has 26 heavy (non-hydrogen) atoms. The third-order valence-corrected chi connectivity index (χ3v) is 5.02. The zero-order chi connectivity index (χ0) is 18.4. The van der Waals surface area contributed by atoms with Crippen LogP contribution in [0.1, 0.15) is 5.56 Å². The average Bonchev–Trinajstić information content (AvgIpc) is 3.03. The number of halogens is 1. The number of hydrazone groups is 1. The Morgan fingerprint density at radius 2 is 1.92 bits per heavy atom. The van der Waals surface area contributed by atoms with Crippen molar-refractivity contribution in [2.45, 2.75) is 5.16 Å². The van der Waals surface area contributed by atoms with Crippen molar-refractivity contribution in [1.82, 2.24) is 20.2 Å². The van der Waals surface area contributed by atoms with Gasteiger partial charge < -0.3 is 4.57 Å². The standard InChI is InChI=1S/C18H16BrN5OS/c1-24-17(14-5-3-2-4-6-14)22-23-18(24)26-12-16(25)21-20-11-13-7-9-15(19)10-8-13/h2-11H,12H2,1H3,(H,21,25). The monoisotopic (exact) mass is 429 g/mol. The molecule has 0 aliphatic heterocycles. The second-order valence-electron chi connectivity index (χ2n) is 5.36. The summed E-state index contributed by atoms with van der Waals surface area (Å²) >= 11 is 4.69. The van der Waals surface area contributed by atoms with Gasteiger partial charge in [-0.3, -0.25) is 4.79 Å². The quantitative estimate of drug-likeness (QED) is 0.369. The molecule has 0 fully saturated rings. The zero-order valence-electron chi connectivity index (χ0n) is 14.0. The number of rotatable bonds is 6. The Morgan fingerprint density at radius 1 is 1.19 bits per heavy atom. The molecule has 132 valence electrons. The van der Waals surface area contributed by atoms with Crippen LogP contribution >= 0.6 is 27.7 Å². The SMILES string of the molecule is Cn1c(SCC(=O)NN=Cc2ccc(Br)cc2)nnc1-c1ccccc1. The predicted molar refractivity (Wildman–Crippen MR) is 107 cm³/mol. The molecule has 1 N–H and O–H groups in total. The predicted octanol–water partition coefficient (Wildman–Crippen LogP) is 3.49. The first kappa shape index (κ1) is 18.3. The van der Waals surface area contributed by atoms with E-state index < -0.39 is 0 Å². The molecule has 0 aliphatic carbocycles. The minimum absolute atomic E-state index is 0.201. The van der Waals surface area contributed by atoms with Gasteiger partial charge in [0.1, 0.15) is 0 Å². The lowest BCUT2D eigenvalue weighted by Crippen LogP contribution is -2.19. The molecule has 0 atom stereocenters. The summed E-state index contributed by atoms with van der Waals surface area (Å²) in [6.07, 6.45) is 1.60. The van der Waals surface area contributed by atoms with E-state index in [9.17, 15) is 4.79 Å². The molecule has 6 nitrogen and oxygen atoms in total. The summed E-state index contributed by atoms with van der Waals surface area (Å²) in [4.78, 5) is 11.9. The minimum atomic E-state index is -0.201. The molecule has 1 heterocycles. The van der Waals surface area contributed by atoms with Crippen LogP contribution in [0.25, 0.3) is 11.4 Å². The summed E-state index contributed by atoms with van der Waals surface area (Å²) in [5.41, 5.74) is 4.40. The van der Waals surface area contributed by atoms with E-state index in [2.05, 4.69) is 36.7 Å². The molecule has 8 heteroatoms. The maximum atomic E-state index is 11.9. The highest BCUT2D eigenvalue weighted by Crippen LogP contribution is 2.22. The Balaban J connectivity index is 1.53. The van der Waals surface area contributed by atoms with Crippen molar-refractivity contribution in [2.24, 2.45) is 12.1 Å². The highest BCUT2D eigenvalue weighted by molar-refractivity contribution is 9.10. The number of carbonyl (C=O) groups is 1. The molecule has 0 radical (unpaired) electrons. The molecular formula is C18H16BrN5OS. The number of carbonyl (C=O) groups excluding carboxylic acids is 1. The van der Waals surface area contributed by atoms with E-state index >= 15 is 0 Å². The Morgan fingerprint density at radius 3 is 2.65 bits per heavy atom. The second-order valence-corrected chi connectivity index (χ2v) is 7.22. The maximum Gasteiger partial charge on any atom is 0.250 e. The van der Waals surface area contributed by atoms with Gasteiger partial charge in [0, 0.05) is 17.1 Å². The Kier molecular flexibility index (Phi) is 6.19. The van der Waals surface area contributed by atoms with Crippen molar-refractivity contribution in [3.63, 3.8) is 0 Å². The van der Waals surface area contributed by atoms with Crippen LogP contribution in [-0.4, -0.2) is 32.6 Å². The van der Waals surface area contributed by atoms with Crippen molar-refractivity contribution in [3.05, 3.63) is 64.6 Å². The smallest absolute Gasteiger partial charge is 0.250 e. The number of thioether (sulfide) groups is 1. The van der Waals surface area contributed by atoms with Crippen molar-refractivity contribution in [1.29, 1.82) is 0 Å². The Hall–Kier alpha value is -2.45. The highest BCUT2D eigenvalue weighted by atomic mass is 79.9. The highest BCUT2D eigenvalue weighted by Gasteiger charge is 2.12. The third-order valence-electron chi connectivity index (χ3n) is 3.47. The Bertz CT molecular complexity index is 909. The topological polar surface area (TPSA) is 72.2 Å². The molecule has 3 rings (SSSR count). The van der Waals surface area contributed by atoms with Gasteiger partial charge in [0.25, 0.3) is 5.91 Å². The van der Waals surface area contributed by atoms with E-state index in [0.717, 1.165) is 21.4 Å². The van der Waals surface area contributed by atoms with Crippen molar-refractivity contribution in [3.8, 4) is 11.4 Å². The molecular weight excluding hydrogens is 414 g/mol. The fourth-order valence-corrected chi connectivity index (χ4v) is 3.14. The van der Waals surface area contributed by atoms with Crippen LogP contribution < -0.4 is 5.43 Å². The number of aromatic nitrogens is 3. The maximum absolute atomic E-state index is 11.9. The molecule has 0 unspecified atom stereocenters. The lowest BCUT2D eigenvalue weighted by atomic mass is 10.2. The lowest BCUT2D eigenvalue weighted by Gasteiger charge is -2.03. The summed E-state index contributed by atoms with van der Waals surface area (Å²) < 4.78 is 2.87. The van der Waals surface area contributed by atoms with E-state index in [-0.39, 0.29) is 11.7 Å². The summed E-state index contributed by atoms with van der Waals surface area (Å²) in [7, 11) is 1.88. The first-order valence-electron chi connectivity index (χ1n) is 7.78.